The van der Waals surface area contributed by atoms with Crippen molar-refractivity contribution in [3.8, 4) is 0 Å². The van der Waals surface area contributed by atoms with Crippen LogP contribution in [0, 0.1) is 5.92 Å². The Hall–Kier alpha value is -1.50. The van der Waals surface area contributed by atoms with Gasteiger partial charge in [0.05, 0.1) is 0 Å². The molecule has 1 aliphatic heterocycles. The lowest BCUT2D eigenvalue weighted by molar-refractivity contribution is 0.172. The Balaban J connectivity index is 1.97. The number of allylic oxidation sites excluding steroid dienone is 6. The molecule has 2 aliphatic carbocycles. The van der Waals surface area contributed by atoms with Crippen LogP contribution in [0.5, 0.6) is 0 Å². The standard InChI is InChI=1S/C14H14O/c1-10-7-8-12-11-5-3-2-4-6-13(11)15-14(12)9-10/h2-4,6-9,12,14H,5H2,1H3. The van der Waals surface area contributed by atoms with Gasteiger partial charge in [-0.05, 0) is 31.1 Å². The van der Waals surface area contributed by atoms with Crippen molar-refractivity contribution >= 4 is 0 Å². The van der Waals surface area contributed by atoms with E-state index < -0.39 is 0 Å². The average Bonchev–Trinajstić information content (AvgIpc) is 2.42. The number of hydrogen-bond donors (Lipinski definition) is 0. The summed E-state index contributed by atoms with van der Waals surface area (Å²) in [4.78, 5) is 0. The van der Waals surface area contributed by atoms with Crippen LogP contribution < -0.4 is 0 Å². The van der Waals surface area contributed by atoms with Crippen LogP contribution in [0.15, 0.2) is 59.4 Å². The van der Waals surface area contributed by atoms with Crippen LogP contribution in [-0.4, -0.2) is 6.10 Å². The Bertz CT molecular complexity index is 432. The summed E-state index contributed by atoms with van der Waals surface area (Å²) in [7, 11) is 0. The summed E-state index contributed by atoms with van der Waals surface area (Å²) in [6, 6.07) is 0. The van der Waals surface area contributed by atoms with Crippen molar-refractivity contribution in [2.75, 3.05) is 0 Å². The van der Waals surface area contributed by atoms with Gasteiger partial charge in [-0.15, -0.1) is 0 Å². The quantitative estimate of drug-likeness (QED) is 0.580. The molecule has 0 aromatic carbocycles. The third-order valence-corrected chi connectivity index (χ3v) is 3.16. The summed E-state index contributed by atoms with van der Waals surface area (Å²) in [6.45, 7) is 2.12. The third kappa shape index (κ3) is 1.39. The van der Waals surface area contributed by atoms with Gasteiger partial charge in [0.15, 0.2) is 0 Å². The molecular formula is C14H14O. The van der Waals surface area contributed by atoms with Crippen molar-refractivity contribution in [3.05, 3.63) is 59.4 Å². The predicted molar refractivity (Wildman–Crippen MR) is 61.2 cm³/mol. The molecule has 0 saturated heterocycles. The highest BCUT2D eigenvalue weighted by molar-refractivity contribution is 5.41. The van der Waals surface area contributed by atoms with Crippen LogP contribution >= 0.6 is 0 Å². The fourth-order valence-corrected chi connectivity index (χ4v) is 2.39. The number of rotatable bonds is 0. The molecule has 0 saturated carbocycles. The molecule has 1 nitrogen and oxygen atoms in total. The molecule has 0 bridgehead atoms. The van der Waals surface area contributed by atoms with Gasteiger partial charge in [0.1, 0.15) is 11.9 Å². The maximum Gasteiger partial charge on any atom is 0.127 e. The maximum atomic E-state index is 5.94. The molecule has 0 aromatic rings. The SMILES string of the molecule is CC1=CC2OC3=C(CC=CC=C3)C2C=C1. The zero-order valence-electron chi connectivity index (χ0n) is 8.81. The fourth-order valence-electron chi connectivity index (χ4n) is 2.39. The fraction of sp³-hybridized carbons (Fsp3) is 0.286. The molecule has 0 N–H and O–H groups in total. The predicted octanol–water partition coefficient (Wildman–Crippen LogP) is 3.29. The Kier molecular flexibility index (Phi) is 1.91. The van der Waals surface area contributed by atoms with E-state index in [0.717, 1.165) is 12.2 Å². The molecular weight excluding hydrogens is 184 g/mol. The summed E-state index contributed by atoms with van der Waals surface area (Å²) in [5, 5.41) is 0. The highest BCUT2D eigenvalue weighted by Crippen LogP contribution is 2.39. The zero-order valence-corrected chi connectivity index (χ0v) is 8.81. The molecule has 0 aromatic heterocycles. The first-order valence-corrected chi connectivity index (χ1v) is 5.44. The van der Waals surface area contributed by atoms with Crippen LogP contribution in [0.3, 0.4) is 0 Å². The van der Waals surface area contributed by atoms with Crippen LogP contribution in [0.4, 0.5) is 0 Å². The molecule has 0 fully saturated rings. The van der Waals surface area contributed by atoms with E-state index in [1.54, 1.807) is 0 Å². The Morgan fingerprint density at radius 1 is 1.27 bits per heavy atom. The average molecular weight is 198 g/mol. The first-order valence-electron chi connectivity index (χ1n) is 5.44. The molecule has 0 amide bonds. The molecule has 2 unspecified atom stereocenters. The molecule has 3 aliphatic rings. The molecule has 0 spiro atoms. The van der Waals surface area contributed by atoms with Crippen LogP contribution in [0.25, 0.3) is 0 Å². The highest BCUT2D eigenvalue weighted by Gasteiger charge is 2.33. The van der Waals surface area contributed by atoms with Gasteiger partial charge < -0.3 is 4.74 Å². The Labute approximate surface area is 90.1 Å². The van der Waals surface area contributed by atoms with E-state index in [4.69, 9.17) is 4.74 Å². The summed E-state index contributed by atoms with van der Waals surface area (Å²) in [5.74, 6) is 1.53. The third-order valence-electron chi connectivity index (χ3n) is 3.16. The zero-order chi connectivity index (χ0) is 10.3. The molecule has 3 rings (SSSR count). The lowest BCUT2D eigenvalue weighted by atomic mass is 9.88. The van der Waals surface area contributed by atoms with Gasteiger partial charge in [0.25, 0.3) is 0 Å². The van der Waals surface area contributed by atoms with Crippen LogP contribution in [-0.2, 0) is 4.74 Å². The topological polar surface area (TPSA) is 9.23 Å². The number of ether oxygens (including phenoxy) is 1. The van der Waals surface area contributed by atoms with Crippen molar-refractivity contribution in [2.45, 2.75) is 19.4 Å². The summed E-state index contributed by atoms with van der Waals surface area (Å²) >= 11 is 0. The summed E-state index contributed by atoms with van der Waals surface area (Å²) in [6.07, 6.45) is 16.4. The Morgan fingerprint density at radius 3 is 3.13 bits per heavy atom. The lowest BCUT2D eigenvalue weighted by Crippen LogP contribution is -2.17. The summed E-state index contributed by atoms with van der Waals surface area (Å²) in [5.41, 5.74) is 2.72. The van der Waals surface area contributed by atoms with Crippen molar-refractivity contribution in [2.24, 2.45) is 5.92 Å². The van der Waals surface area contributed by atoms with E-state index in [0.29, 0.717) is 5.92 Å². The smallest absolute Gasteiger partial charge is 0.127 e. The first-order chi connectivity index (χ1) is 7.34. The van der Waals surface area contributed by atoms with Gasteiger partial charge >= 0.3 is 0 Å². The highest BCUT2D eigenvalue weighted by atomic mass is 16.5. The molecule has 0 radical (unpaired) electrons. The van der Waals surface area contributed by atoms with E-state index in [-0.39, 0.29) is 6.10 Å². The van der Waals surface area contributed by atoms with E-state index in [1.165, 1.54) is 11.1 Å². The molecule has 76 valence electrons. The minimum atomic E-state index is 0.233. The number of hydrogen-bond acceptors (Lipinski definition) is 1. The monoisotopic (exact) mass is 198 g/mol. The van der Waals surface area contributed by atoms with Crippen molar-refractivity contribution in [1.29, 1.82) is 0 Å². The second kappa shape index (κ2) is 3.27. The van der Waals surface area contributed by atoms with E-state index in [9.17, 15) is 0 Å². The van der Waals surface area contributed by atoms with Gasteiger partial charge in [-0.1, -0.05) is 36.0 Å². The van der Waals surface area contributed by atoms with Gasteiger partial charge in [-0.2, -0.15) is 0 Å². The largest absolute Gasteiger partial charge is 0.485 e. The van der Waals surface area contributed by atoms with Crippen molar-refractivity contribution in [3.63, 3.8) is 0 Å². The normalized spacial score (nSPS) is 31.9. The van der Waals surface area contributed by atoms with Gasteiger partial charge in [-0.25, -0.2) is 0 Å². The second-order valence-electron chi connectivity index (χ2n) is 4.26. The second-order valence-corrected chi connectivity index (χ2v) is 4.26. The van der Waals surface area contributed by atoms with Gasteiger partial charge in [0, 0.05) is 5.92 Å². The summed E-state index contributed by atoms with van der Waals surface area (Å²) < 4.78 is 5.94. The first kappa shape index (κ1) is 8.78. The van der Waals surface area contributed by atoms with Gasteiger partial charge in [-0.3, -0.25) is 0 Å². The number of fused-ring (bicyclic) bond motifs is 2. The maximum absolute atomic E-state index is 5.94. The molecule has 1 heteroatoms. The van der Waals surface area contributed by atoms with Crippen molar-refractivity contribution in [1.82, 2.24) is 0 Å². The van der Waals surface area contributed by atoms with Gasteiger partial charge in [0.2, 0.25) is 0 Å². The lowest BCUT2D eigenvalue weighted by Gasteiger charge is -2.18. The molecule has 15 heavy (non-hydrogen) atoms. The van der Waals surface area contributed by atoms with Crippen molar-refractivity contribution < 1.29 is 4.74 Å². The minimum Gasteiger partial charge on any atom is -0.485 e. The van der Waals surface area contributed by atoms with E-state index >= 15 is 0 Å². The minimum absolute atomic E-state index is 0.233. The van der Waals surface area contributed by atoms with Crippen LogP contribution in [0.1, 0.15) is 13.3 Å². The molecule has 2 atom stereocenters. The van der Waals surface area contributed by atoms with E-state index in [1.807, 2.05) is 0 Å². The van der Waals surface area contributed by atoms with Crippen LogP contribution in [0.2, 0.25) is 0 Å². The van der Waals surface area contributed by atoms with E-state index in [2.05, 4.69) is 49.5 Å². The Morgan fingerprint density at radius 2 is 2.20 bits per heavy atom. The molecule has 1 heterocycles.